The van der Waals surface area contributed by atoms with Crippen molar-refractivity contribution in [3.05, 3.63) is 40.7 Å². The minimum atomic E-state index is -3.74. The molecule has 180 valence electrons. The molecule has 0 bridgehead atoms. The van der Waals surface area contributed by atoms with Crippen LogP contribution in [0.1, 0.15) is 60.4 Å². The molecule has 2 aromatic rings. The average Bonchev–Trinajstić information content (AvgIpc) is 2.99. The second-order valence-corrected chi connectivity index (χ2v) is 10.5. The van der Waals surface area contributed by atoms with Crippen LogP contribution in [0.3, 0.4) is 0 Å². The molecule has 3 rings (SSSR count). The Labute approximate surface area is 195 Å². The van der Waals surface area contributed by atoms with Gasteiger partial charge in [0.25, 0.3) is 5.91 Å². The molecule has 1 N–H and O–H groups in total. The Morgan fingerprint density at radius 2 is 1.91 bits per heavy atom. The fourth-order valence-electron chi connectivity index (χ4n) is 4.00. The molecule has 10 heteroatoms. The Morgan fingerprint density at radius 1 is 1.21 bits per heavy atom. The second-order valence-electron chi connectivity index (χ2n) is 8.64. The third-order valence-electron chi connectivity index (χ3n) is 6.19. The molecule has 1 fully saturated rings. The number of benzene rings is 1. The number of rotatable bonds is 6. The van der Waals surface area contributed by atoms with E-state index in [2.05, 4.69) is 10.4 Å². The number of anilines is 1. The maximum absolute atomic E-state index is 13.2. The highest BCUT2D eigenvalue weighted by Crippen LogP contribution is 2.27. The van der Waals surface area contributed by atoms with Crippen molar-refractivity contribution in [2.45, 2.75) is 70.9 Å². The number of ether oxygens (including phenoxy) is 1. The zero-order chi connectivity index (χ0) is 24.5. The Balaban J connectivity index is 1.77. The normalized spacial score (nSPS) is 18.1. The largest absolute Gasteiger partial charge is 0.449 e. The number of aryl methyl sites for hydroxylation is 3. The maximum Gasteiger partial charge on any atom is 0.339 e. The molecule has 1 aromatic heterocycles. The lowest BCUT2D eigenvalue weighted by atomic mass is 10.1. The van der Waals surface area contributed by atoms with E-state index in [9.17, 15) is 18.0 Å². The molecule has 0 saturated carbocycles. The van der Waals surface area contributed by atoms with E-state index in [1.807, 2.05) is 13.8 Å². The molecule has 2 atom stereocenters. The summed E-state index contributed by atoms with van der Waals surface area (Å²) in [6.07, 6.45) is 1.53. The van der Waals surface area contributed by atoms with Crippen molar-refractivity contribution in [3.8, 4) is 0 Å². The number of sulfonamides is 1. The van der Waals surface area contributed by atoms with Crippen LogP contribution in [0.4, 0.5) is 5.69 Å². The van der Waals surface area contributed by atoms with Crippen LogP contribution in [0, 0.1) is 20.8 Å². The highest BCUT2D eigenvalue weighted by atomic mass is 32.2. The third-order valence-corrected chi connectivity index (χ3v) is 8.20. The average molecular weight is 477 g/mol. The summed E-state index contributed by atoms with van der Waals surface area (Å²) in [4.78, 5) is 25.5. The van der Waals surface area contributed by atoms with E-state index >= 15 is 0 Å². The van der Waals surface area contributed by atoms with Crippen LogP contribution in [-0.2, 0) is 26.6 Å². The Morgan fingerprint density at radius 3 is 2.52 bits per heavy atom. The summed E-state index contributed by atoms with van der Waals surface area (Å²) in [5, 5.41) is 7.00. The van der Waals surface area contributed by atoms with Crippen LogP contribution in [0.25, 0.3) is 0 Å². The minimum absolute atomic E-state index is 0.0486. The van der Waals surface area contributed by atoms with Crippen molar-refractivity contribution in [1.82, 2.24) is 14.1 Å². The van der Waals surface area contributed by atoms with Gasteiger partial charge in [-0.25, -0.2) is 13.2 Å². The van der Waals surface area contributed by atoms with E-state index in [-0.39, 0.29) is 16.5 Å². The molecule has 1 amide bonds. The van der Waals surface area contributed by atoms with E-state index in [0.29, 0.717) is 23.5 Å². The van der Waals surface area contributed by atoms with Gasteiger partial charge < -0.3 is 10.1 Å². The van der Waals surface area contributed by atoms with E-state index in [4.69, 9.17) is 4.74 Å². The first-order valence-electron chi connectivity index (χ1n) is 11.1. The smallest absolute Gasteiger partial charge is 0.339 e. The molecule has 0 radical (unpaired) electrons. The Bertz CT molecular complexity index is 1170. The summed E-state index contributed by atoms with van der Waals surface area (Å²) < 4.78 is 34.9. The number of piperidine rings is 1. The van der Waals surface area contributed by atoms with Gasteiger partial charge in [-0.05, 0) is 65.2 Å². The first-order chi connectivity index (χ1) is 15.4. The van der Waals surface area contributed by atoms with Crippen molar-refractivity contribution >= 4 is 27.6 Å². The van der Waals surface area contributed by atoms with E-state index in [0.717, 1.165) is 25.0 Å². The fourth-order valence-corrected chi connectivity index (χ4v) is 5.73. The van der Waals surface area contributed by atoms with Crippen LogP contribution in [-0.4, -0.2) is 53.1 Å². The highest BCUT2D eigenvalue weighted by Gasteiger charge is 2.32. The van der Waals surface area contributed by atoms with Crippen molar-refractivity contribution in [2.24, 2.45) is 7.05 Å². The van der Waals surface area contributed by atoms with Gasteiger partial charge in [-0.2, -0.15) is 9.40 Å². The van der Waals surface area contributed by atoms with Crippen molar-refractivity contribution in [2.75, 3.05) is 11.9 Å². The number of aromatic nitrogens is 2. The summed E-state index contributed by atoms with van der Waals surface area (Å²) in [7, 11) is -1.97. The molecule has 1 aromatic carbocycles. The van der Waals surface area contributed by atoms with Gasteiger partial charge in [-0.15, -0.1) is 0 Å². The van der Waals surface area contributed by atoms with E-state index in [1.165, 1.54) is 23.4 Å². The molecule has 1 aliphatic rings. The Kier molecular flexibility index (Phi) is 7.28. The molecule has 1 aliphatic heterocycles. The quantitative estimate of drug-likeness (QED) is 0.642. The Hall–Kier alpha value is -2.72. The number of amides is 1. The van der Waals surface area contributed by atoms with Gasteiger partial charge in [0.2, 0.25) is 10.0 Å². The van der Waals surface area contributed by atoms with Gasteiger partial charge in [0.15, 0.2) is 6.10 Å². The number of esters is 1. The monoisotopic (exact) mass is 476 g/mol. The van der Waals surface area contributed by atoms with Crippen LogP contribution in [0.15, 0.2) is 23.1 Å². The summed E-state index contributed by atoms with van der Waals surface area (Å²) in [5.41, 5.74) is 2.69. The number of carbonyl (C=O) groups is 2. The molecular weight excluding hydrogens is 444 g/mol. The van der Waals surface area contributed by atoms with Crippen molar-refractivity contribution in [1.29, 1.82) is 0 Å². The number of carbonyl (C=O) groups excluding carboxylic acids is 2. The second kappa shape index (κ2) is 9.64. The summed E-state index contributed by atoms with van der Waals surface area (Å²) in [5.74, 6) is -1.25. The minimum Gasteiger partial charge on any atom is -0.449 e. The topological polar surface area (TPSA) is 111 Å². The number of hydrogen-bond donors (Lipinski definition) is 1. The highest BCUT2D eigenvalue weighted by molar-refractivity contribution is 7.89. The van der Waals surface area contributed by atoms with Crippen LogP contribution in [0.5, 0.6) is 0 Å². The van der Waals surface area contributed by atoms with Gasteiger partial charge in [-0.1, -0.05) is 12.5 Å². The van der Waals surface area contributed by atoms with Crippen LogP contribution < -0.4 is 5.32 Å². The SMILES string of the molecule is Cc1ccc(S(=O)(=O)N2CCCCC2C)cc1C(=O)OC(C)C(=O)Nc1c(C)nn(C)c1C. The van der Waals surface area contributed by atoms with Crippen LogP contribution in [0.2, 0.25) is 0 Å². The lowest BCUT2D eigenvalue weighted by Crippen LogP contribution is -2.42. The molecule has 33 heavy (non-hydrogen) atoms. The maximum atomic E-state index is 13.2. The zero-order valence-corrected chi connectivity index (χ0v) is 20.8. The van der Waals surface area contributed by atoms with Gasteiger partial charge in [0, 0.05) is 19.6 Å². The van der Waals surface area contributed by atoms with Crippen molar-refractivity contribution in [3.63, 3.8) is 0 Å². The first kappa shape index (κ1) is 24.9. The predicted molar refractivity (Wildman–Crippen MR) is 125 cm³/mol. The van der Waals surface area contributed by atoms with Gasteiger partial charge in [0.1, 0.15) is 0 Å². The van der Waals surface area contributed by atoms with E-state index < -0.39 is 28.0 Å². The zero-order valence-electron chi connectivity index (χ0n) is 20.0. The number of nitrogens with zero attached hydrogens (tertiary/aromatic N) is 3. The standard InChI is InChI=1S/C23H32N4O5S/c1-14-10-11-19(33(30,31)27-12-8-7-9-15(27)2)13-20(14)23(29)32-18(5)22(28)24-21-16(3)25-26(6)17(21)4/h10-11,13,15,18H,7-9,12H2,1-6H3,(H,24,28). The van der Waals surface area contributed by atoms with Gasteiger partial charge in [0.05, 0.1) is 27.5 Å². The lowest BCUT2D eigenvalue weighted by molar-refractivity contribution is -0.123. The van der Waals surface area contributed by atoms with Gasteiger partial charge in [-0.3, -0.25) is 9.48 Å². The van der Waals surface area contributed by atoms with E-state index in [1.54, 1.807) is 31.6 Å². The number of nitrogens with one attached hydrogen (secondary N) is 1. The van der Waals surface area contributed by atoms with Crippen LogP contribution >= 0.6 is 0 Å². The molecule has 2 unspecified atom stereocenters. The van der Waals surface area contributed by atoms with Crippen molar-refractivity contribution < 1.29 is 22.7 Å². The molecular formula is C23H32N4O5S. The summed E-state index contributed by atoms with van der Waals surface area (Å²) in [6.45, 7) is 9.12. The molecule has 0 aliphatic carbocycles. The lowest BCUT2D eigenvalue weighted by Gasteiger charge is -2.32. The molecule has 1 saturated heterocycles. The van der Waals surface area contributed by atoms with Gasteiger partial charge >= 0.3 is 5.97 Å². The fraction of sp³-hybridized carbons (Fsp3) is 0.522. The number of hydrogen-bond acceptors (Lipinski definition) is 6. The summed E-state index contributed by atoms with van der Waals surface area (Å²) in [6, 6.07) is 4.34. The third kappa shape index (κ3) is 5.11. The first-order valence-corrected chi connectivity index (χ1v) is 12.5. The molecule has 0 spiro atoms. The predicted octanol–water partition coefficient (Wildman–Crippen LogP) is 3.09. The molecule has 9 nitrogen and oxygen atoms in total. The molecule has 2 heterocycles. The summed E-state index contributed by atoms with van der Waals surface area (Å²) >= 11 is 0.